The van der Waals surface area contributed by atoms with E-state index in [2.05, 4.69) is 79.0 Å². The zero-order chi connectivity index (χ0) is 33.7. The Balaban J connectivity index is 1.76. The summed E-state index contributed by atoms with van der Waals surface area (Å²) in [4.78, 5) is 0. The van der Waals surface area contributed by atoms with Crippen molar-refractivity contribution in [2.75, 3.05) is 13.2 Å². The predicted molar refractivity (Wildman–Crippen MR) is 192 cm³/mol. The number of hydrogen-bond acceptors (Lipinski definition) is 4. The molecular weight excluding hydrogens is 568 g/mol. The van der Waals surface area contributed by atoms with Gasteiger partial charge in [-0.05, 0) is 99.9 Å². The average molecular weight is 619 g/mol. The van der Waals surface area contributed by atoms with Gasteiger partial charge in [-0.3, -0.25) is 0 Å². The first-order valence-corrected chi connectivity index (χ1v) is 16.1. The lowest BCUT2D eigenvalue weighted by Gasteiger charge is -2.29. The van der Waals surface area contributed by atoms with Gasteiger partial charge in [-0.25, -0.2) is 0 Å². The first-order chi connectivity index (χ1) is 21.8. The Labute approximate surface area is 276 Å². The van der Waals surface area contributed by atoms with Crippen LogP contribution in [0.15, 0.2) is 85.0 Å². The second-order valence-electron chi connectivity index (χ2n) is 13.2. The standard InChI is InChI=1S/C42H50O4/c1-25(2)23-45-37(21-33-13-11-15-35(41(33)43)39-29(7)17-27(5)18-30(39)8)38(46-24-26(3)4)22-34-14-12-16-36(42(34)44)40-31(9)19-28(6)20-32(40)10/h11-20,37-38,43-44H,1,3,21-24H2,2,4-10H3/t37-,38-/m1/s1. The number of phenols is 2. The maximum absolute atomic E-state index is 11.7. The first kappa shape index (κ1) is 34.7. The number of aryl methyl sites for hydroxylation is 6. The average Bonchev–Trinajstić information content (AvgIpc) is 2.95. The fraction of sp³-hybridized carbons (Fsp3) is 0.333. The van der Waals surface area contributed by atoms with Crippen LogP contribution in [0.1, 0.15) is 58.4 Å². The van der Waals surface area contributed by atoms with Gasteiger partial charge < -0.3 is 19.7 Å². The number of hydrogen-bond donors (Lipinski definition) is 2. The molecule has 0 unspecified atom stereocenters. The summed E-state index contributed by atoms with van der Waals surface area (Å²) in [6.07, 6.45) is -0.0605. The molecule has 242 valence electrons. The maximum atomic E-state index is 11.7. The van der Waals surface area contributed by atoms with Crippen molar-refractivity contribution < 1.29 is 19.7 Å². The second-order valence-corrected chi connectivity index (χ2v) is 13.2. The van der Waals surface area contributed by atoms with Crippen molar-refractivity contribution in [3.63, 3.8) is 0 Å². The molecule has 0 heterocycles. The molecule has 0 aromatic heterocycles. The molecule has 0 saturated heterocycles. The first-order valence-electron chi connectivity index (χ1n) is 16.1. The number of ether oxygens (including phenoxy) is 2. The lowest BCUT2D eigenvalue weighted by atomic mass is 9.89. The van der Waals surface area contributed by atoms with E-state index >= 15 is 0 Å². The fourth-order valence-corrected chi connectivity index (χ4v) is 6.65. The Hall–Kier alpha value is -4.12. The van der Waals surface area contributed by atoms with Crippen LogP contribution in [-0.4, -0.2) is 35.6 Å². The quantitative estimate of drug-likeness (QED) is 0.146. The van der Waals surface area contributed by atoms with Gasteiger partial charge >= 0.3 is 0 Å². The monoisotopic (exact) mass is 618 g/mol. The summed E-state index contributed by atoms with van der Waals surface area (Å²) in [5.74, 6) is 0.491. The van der Waals surface area contributed by atoms with Crippen molar-refractivity contribution in [1.29, 1.82) is 0 Å². The zero-order valence-corrected chi connectivity index (χ0v) is 28.9. The normalized spacial score (nSPS) is 12.6. The minimum absolute atomic E-state index is 0.246. The van der Waals surface area contributed by atoms with Crippen LogP contribution in [-0.2, 0) is 22.3 Å². The number of para-hydroxylation sites is 2. The minimum atomic E-state index is -0.441. The molecule has 0 aliphatic rings. The van der Waals surface area contributed by atoms with E-state index in [0.29, 0.717) is 26.1 Å². The third-order valence-corrected chi connectivity index (χ3v) is 8.48. The Morgan fingerprint density at radius 1 is 0.587 bits per heavy atom. The highest BCUT2D eigenvalue weighted by Crippen LogP contribution is 2.40. The van der Waals surface area contributed by atoms with Crippen molar-refractivity contribution in [1.82, 2.24) is 0 Å². The molecular formula is C42H50O4. The molecule has 4 aromatic carbocycles. The minimum Gasteiger partial charge on any atom is -0.507 e. The number of phenolic OH excluding ortho intramolecular Hbond substituents is 2. The van der Waals surface area contributed by atoms with Crippen LogP contribution < -0.4 is 0 Å². The van der Waals surface area contributed by atoms with E-state index in [1.807, 2.05) is 50.2 Å². The molecule has 0 aliphatic heterocycles. The van der Waals surface area contributed by atoms with Gasteiger partial charge in [0.25, 0.3) is 0 Å². The van der Waals surface area contributed by atoms with E-state index in [0.717, 1.165) is 66.8 Å². The maximum Gasteiger partial charge on any atom is 0.126 e. The topological polar surface area (TPSA) is 58.9 Å². The third kappa shape index (κ3) is 8.17. The molecule has 0 spiro atoms. The van der Waals surface area contributed by atoms with E-state index in [4.69, 9.17) is 9.47 Å². The SMILES string of the molecule is C=C(C)CO[C@H](Cc1cccc(-c2c(C)cc(C)cc2C)c1O)[C@@H](Cc1cccc(-c2c(C)cc(C)cc2C)c1O)OCC(=C)C. The van der Waals surface area contributed by atoms with Crippen molar-refractivity contribution in [3.05, 3.63) is 129 Å². The summed E-state index contributed by atoms with van der Waals surface area (Å²) in [7, 11) is 0. The summed E-state index contributed by atoms with van der Waals surface area (Å²) in [6.45, 7) is 25.2. The molecule has 0 amide bonds. The van der Waals surface area contributed by atoms with Crippen LogP contribution in [0.25, 0.3) is 22.3 Å². The molecule has 46 heavy (non-hydrogen) atoms. The Morgan fingerprint density at radius 2 is 0.913 bits per heavy atom. The van der Waals surface area contributed by atoms with E-state index in [1.165, 1.54) is 11.1 Å². The molecule has 4 nitrogen and oxygen atoms in total. The molecule has 0 saturated carbocycles. The Morgan fingerprint density at radius 3 is 1.22 bits per heavy atom. The number of rotatable bonds is 13. The molecule has 2 N–H and O–H groups in total. The summed E-state index contributed by atoms with van der Waals surface area (Å²) in [5, 5.41) is 23.4. The molecule has 4 heteroatoms. The molecule has 0 fully saturated rings. The highest BCUT2D eigenvalue weighted by Gasteiger charge is 2.28. The van der Waals surface area contributed by atoms with Crippen LogP contribution in [0.2, 0.25) is 0 Å². The summed E-state index contributed by atoms with van der Waals surface area (Å²) in [5.41, 5.74) is 13.9. The molecule has 0 radical (unpaired) electrons. The number of aromatic hydroxyl groups is 2. The smallest absolute Gasteiger partial charge is 0.126 e. The van der Waals surface area contributed by atoms with E-state index in [1.54, 1.807) is 0 Å². The van der Waals surface area contributed by atoms with Crippen LogP contribution in [0.4, 0.5) is 0 Å². The van der Waals surface area contributed by atoms with Crippen LogP contribution in [0.3, 0.4) is 0 Å². The largest absolute Gasteiger partial charge is 0.507 e. The lowest BCUT2D eigenvalue weighted by Crippen LogP contribution is -2.36. The Kier molecular flexibility index (Phi) is 11.3. The fourth-order valence-electron chi connectivity index (χ4n) is 6.65. The summed E-state index contributed by atoms with van der Waals surface area (Å²) in [6, 6.07) is 20.4. The molecule has 0 aliphatic carbocycles. The van der Waals surface area contributed by atoms with Crippen LogP contribution in [0.5, 0.6) is 11.5 Å². The van der Waals surface area contributed by atoms with Gasteiger partial charge in [0.05, 0.1) is 25.4 Å². The predicted octanol–water partition coefficient (Wildman–Crippen LogP) is 9.99. The van der Waals surface area contributed by atoms with Gasteiger partial charge in [0.2, 0.25) is 0 Å². The van der Waals surface area contributed by atoms with Crippen LogP contribution in [0, 0.1) is 41.5 Å². The van der Waals surface area contributed by atoms with Crippen molar-refractivity contribution in [2.24, 2.45) is 0 Å². The van der Waals surface area contributed by atoms with E-state index < -0.39 is 12.2 Å². The highest BCUT2D eigenvalue weighted by molar-refractivity contribution is 5.78. The highest BCUT2D eigenvalue weighted by atomic mass is 16.5. The van der Waals surface area contributed by atoms with Gasteiger partial charge in [0.15, 0.2) is 0 Å². The molecule has 2 atom stereocenters. The summed E-state index contributed by atoms with van der Waals surface area (Å²) >= 11 is 0. The number of benzene rings is 4. The third-order valence-electron chi connectivity index (χ3n) is 8.48. The van der Waals surface area contributed by atoms with Gasteiger partial charge in [-0.1, -0.05) is 96.1 Å². The van der Waals surface area contributed by atoms with Crippen molar-refractivity contribution in [2.45, 2.75) is 80.4 Å². The molecule has 4 rings (SSSR count). The zero-order valence-electron chi connectivity index (χ0n) is 28.9. The van der Waals surface area contributed by atoms with Crippen molar-refractivity contribution in [3.8, 4) is 33.8 Å². The molecule has 0 bridgehead atoms. The second kappa shape index (κ2) is 15.0. The Bertz CT molecular complexity index is 1570. The summed E-state index contributed by atoms with van der Waals surface area (Å²) < 4.78 is 13.0. The lowest BCUT2D eigenvalue weighted by molar-refractivity contribution is -0.0606. The van der Waals surface area contributed by atoms with E-state index in [9.17, 15) is 10.2 Å². The van der Waals surface area contributed by atoms with Gasteiger partial charge in [0, 0.05) is 24.0 Å². The van der Waals surface area contributed by atoms with Crippen molar-refractivity contribution >= 4 is 0 Å². The van der Waals surface area contributed by atoms with Gasteiger partial charge in [-0.2, -0.15) is 0 Å². The van der Waals surface area contributed by atoms with Gasteiger partial charge in [0.1, 0.15) is 11.5 Å². The van der Waals surface area contributed by atoms with Gasteiger partial charge in [-0.15, -0.1) is 0 Å². The van der Waals surface area contributed by atoms with E-state index in [-0.39, 0.29) is 11.5 Å². The van der Waals surface area contributed by atoms with Crippen LogP contribution >= 0.6 is 0 Å². The molecule has 4 aromatic rings.